The Labute approximate surface area is 195 Å². The van der Waals surface area contributed by atoms with Crippen molar-refractivity contribution in [3.05, 3.63) is 59.1 Å². The number of nitrogens with zero attached hydrogens (tertiary/aromatic N) is 1. The Morgan fingerprint density at radius 3 is 2.25 bits per heavy atom. The van der Waals surface area contributed by atoms with Crippen LogP contribution in [-0.2, 0) is 16.1 Å². The molecular formula is C25H33ClN2O4. The van der Waals surface area contributed by atoms with E-state index in [4.69, 9.17) is 21.1 Å². The maximum atomic E-state index is 13.1. The minimum Gasteiger partial charge on any atom is -0.497 e. The van der Waals surface area contributed by atoms with Gasteiger partial charge in [0.2, 0.25) is 11.8 Å². The highest BCUT2D eigenvalue weighted by molar-refractivity contribution is 6.30. The van der Waals surface area contributed by atoms with Crippen molar-refractivity contribution in [3.63, 3.8) is 0 Å². The molecule has 6 nitrogen and oxygen atoms in total. The topological polar surface area (TPSA) is 67.9 Å². The molecule has 0 heterocycles. The number of amides is 2. The molecule has 7 heteroatoms. The summed E-state index contributed by atoms with van der Waals surface area (Å²) in [6.07, 6.45) is 1.65. The van der Waals surface area contributed by atoms with Gasteiger partial charge in [0.05, 0.1) is 13.7 Å². The van der Waals surface area contributed by atoms with Crippen LogP contribution in [0.4, 0.5) is 0 Å². The first-order chi connectivity index (χ1) is 15.3. The molecule has 2 amide bonds. The first kappa shape index (κ1) is 25.5. The number of ether oxygens (including phenoxy) is 2. The van der Waals surface area contributed by atoms with Gasteiger partial charge in [0.1, 0.15) is 17.5 Å². The number of halogens is 1. The summed E-state index contributed by atoms with van der Waals surface area (Å²) in [5.74, 6) is 1.21. The van der Waals surface area contributed by atoms with E-state index in [1.54, 1.807) is 43.2 Å². The lowest BCUT2D eigenvalue weighted by Crippen LogP contribution is -2.49. The molecule has 0 aromatic heterocycles. The standard InChI is InChI=1S/C25H33ClN2O4/c1-5-18(2)27-25(30)19(3)28(17-20-8-12-22(31-4)13-9-20)24(29)7-6-16-32-23-14-10-21(26)11-15-23/h8-15,18-19H,5-7,16-17H2,1-4H3,(H,27,30)/t18-,19+/m1/s1. The molecule has 0 radical (unpaired) electrons. The zero-order valence-corrected chi connectivity index (χ0v) is 20.0. The third kappa shape index (κ3) is 8.08. The first-order valence-corrected chi connectivity index (χ1v) is 11.3. The van der Waals surface area contributed by atoms with Gasteiger partial charge in [-0.25, -0.2) is 0 Å². The third-order valence-corrected chi connectivity index (χ3v) is 5.55. The van der Waals surface area contributed by atoms with Gasteiger partial charge in [-0.05, 0) is 68.7 Å². The van der Waals surface area contributed by atoms with E-state index in [0.29, 0.717) is 30.3 Å². The van der Waals surface area contributed by atoms with Crippen LogP contribution in [0.2, 0.25) is 5.02 Å². The second-order valence-corrected chi connectivity index (χ2v) is 8.21. The van der Waals surface area contributed by atoms with Crippen molar-refractivity contribution in [3.8, 4) is 11.5 Å². The van der Waals surface area contributed by atoms with Crippen molar-refractivity contribution in [2.24, 2.45) is 0 Å². The van der Waals surface area contributed by atoms with Gasteiger partial charge >= 0.3 is 0 Å². The molecule has 2 aromatic carbocycles. The monoisotopic (exact) mass is 460 g/mol. The zero-order chi connectivity index (χ0) is 23.5. The van der Waals surface area contributed by atoms with E-state index < -0.39 is 6.04 Å². The summed E-state index contributed by atoms with van der Waals surface area (Å²) >= 11 is 5.88. The van der Waals surface area contributed by atoms with Crippen molar-refractivity contribution in [1.82, 2.24) is 10.2 Å². The zero-order valence-electron chi connectivity index (χ0n) is 19.3. The minimum absolute atomic E-state index is 0.0515. The van der Waals surface area contributed by atoms with Crippen molar-refractivity contribution < 1.29 is 19.1 Å². The van der Waals surface area contributed by atoms with Gasteiger partial charge in [0, 0.05) is 24.0 Å². The van der Waals surface area contributed by atoms with Crippen molar-refractivity contribution in [1.29, 1.82) is 0 Å². The highest BCUT2D eigenvalue weighted by Crippen LogP contribution is 2.18. The lowest BCUT2D eigenvalue weighted by atomic mass is 10.1. The molecule has 2 atom stereocenters. The van der Waals surface area contributed by atoms with Crippen molar-refractivity contribution >= 4 is 23.4 Å². The van der Waals surface area contributed by atoms with Crippen LogP contribution in [0.15, 0.2) is 48.5 Å². The van der Waals surface area contributed by atoms with E-state index in [0.717, 1.165) is 17.7 Å². The predicted octanol–water partition coefficient (Wildman–Crippen LogP) is 4.84. The van der Waals surface area contributed by atoms with Crippen LogP contribution >= 0.6 is 11.6 Å². The average molecular weight is 461 g/mol. The van der Waals surface area contributed by atoms with E-state index in [1.807, 2.05) is 38.1 Å². The molecule has 0 aliphatic rings. The maximum Gasteiger partial charge on any atom is 0.242 e. The van der Waals surface area contributed by atoms with Gasteiger partial charge in [0.25, 0.3) is 0 Å². The summed E-state index contributed by atoms with van der Waals surface area (Å²) in [6, 6.07) is 14.1. The Balaban J connectivity index is 2.01. The molecule has 1 N–H and O–H groups in total. The molecule has 0 bridgehead atoms. The number of benzene rings is 2. The molecule has 0 saturated carbocycles. The van der Waals surface area contributed by atoms with Crippen LogP contribution in [0.3, 0.4) is 0 Å². The third-order valence-electron chi connectivity index (χ3n) is 5.30. The number of nitrogens with one attached hydrogen (secondary N) is 1. The van der Waals surface area contributed by atoms with Crippen molar-refractivity contribution in [2.75, 3.05) is 13.7 Å². The summed E-state index contributed by atoms with van der Waals surface area (Å²) < 4.78 is 10.9. The molecule has 0 spiro atoms. The largest absolute Gasteiger partial charge is 0.497 e. The molecule has 32 heavy (non-hydrogen) atoms. The van der Waals surface area contributed by atoms with E-state index in [1.165, 1.54) is 0 Å². The number of hydrogen-bond acceptors (Lipinski definition) is 4. The van der Waals surface area contributed by atoms with E-state index in [9.17, 15) is 9.59 Å². The number of carbonyl (C=O) groups is 2. The van der Waals surface area contributed by atoms with Gasteiger partial charge in [-0.3, -0.25) is 9.59 Å². The highest BCUT2D eigenvalue weighted by Gasteiger charge is 2.26. The van der Waals surface area contributed by atoms with Crippen LogP contribution in [0.5, 0.6) is 11.5 Å². The molecular weight excluding hydrogens is 428 g/mol. The Bertz CT molecular complexity index is 855. The molecule has 0 saturated heterocycles. The maximum absolute atomic E-state index is 13.1. The Hall–Kier alpha value is -2.73. The Morgan fingerprint density at radius 2 is 1.66 bits per heavy atom. The van der Waals surface area contributed by atoms with Gasteiger partial charge in [-0.2, -0.15) is 0 Å². The van der Waals surface area contributed by atoms with Crippen LogP contribution in [-0.4, -0.2) is 42.5 Å². The van der Waals surface area contributed by atoms with Gasteiger partial charge < -0.3 is 19.7 Å². The van der Waals surface area contributed by atoms with E-state index >= 15 is 0 Å². The average Bonchev–Trinajstić information content (AvgIpc) is 2.81. The quantitative estimate of drug-likeness (QED) is 0.460. The van der Waals surface area contributed by atoms with Crippen molar-refractivity contribution in [2.45, 2.75) is 58.7 Å². The highest BCUT2D eigenvalue weighted by atomic mass is 35.5. The van der Waals surface area contributed by atoms with Gasteiger partial charge in [-0.1, -0.05) is 30.7 Å². The van der Waals surface area contributed by atoms with Crippen LogP contribution in [0.1, 0.15) is 45.6 Å². The normalized spacial score (nSPS) is 12.5. The fourth-order valence-corrected chi connectivity index (χ4v) is 3.19. The Morgan fingerprint density at radius 1 is 1.03 bits per heavy atom. The SMILES string of the molecule is CC[C@@H](C)NC(=O)[C@H](C)N(Cc1ccc(OC)cc1)C(=O)CCCOc1ccc(Cl)cc1. The molecule has 0 aliphatic carbocycles. The lowest BCUT2D eigenvalue weighted by Gasteiger charge is -2.30. The summed E-state index contributed by atoms with van der Waals surface area (Å²) in [5, 5.41) is 3.62. The van der Waals surface area contributed by atoms with E-state index in [2.05, 4.69) is 5.32 Å². The molecule has 0 fully saturated rings. The number of methoxy groups -OCH3 is 1. The summed E-state index contributed by atoms with van der Waals surface area (Å²) in [7, 11) is 1.61. The number of carbonyl (C=O) groups excluding carboxylic acids is 2. The smallest absolute Gasteiger partial charge is 0.242 e. The Kier molecular flexibility index (Phi) is 10.3. The molecule has 0 unspecified atom stereocenters. The second-order valence-electron chi connectivity index (χ2n) is 7.77. The molecule has 174 valence electrons. The fourth-order valence-electron chi connectivity index (χ4n) is 3.06. The second kappa shape index (κ2) is 13.0. The van der Waals surface area contributed by atoms with E-state index in [-0.39, 0.29) is 24.3 Å². The van der Waals surface area contributed by atoms with Crippen LogP contribution in [0, 0.1) is 0 Å². The summed E-state index contributed by atoms with van der Waals surface area (Å²) in [6.45, 7) is 6.47. The predicted molar refractivity (Wildman–Crippen MR) is 127 cm³/mol. The van der Waals surface area contributed by atoms with Gasteiger partial charge in [0.15, 0.2) is 0 Å². The minimum atomic E-state index is -0.587. The van der Waals surface area contributed by atoms with Crippen LogP contribution in [0.25, 0.3) is 0 Å². The molecule has 2 rings (SSSR count). The van der Waals surface area contributed by atoms with Crippen LogP contribution < -0.4 is 14.8 Å². The number of hydrogen-bond donors (Lipinski definition) is 1. The number of rotatable bonds is 12. The first-order valence-electron chi connectivity index (χ1n) is 10.9. The fraction of sp³-hybridized carbons (Fsp3) is 0.440. The molecule has 2 aromatic rings. The summed E-state index contributed by atoms with van der Waals surface area (Å²) in [5.41, 5.74) is 0.930. The van der Waals surface area contributed by atoms with Gasteiger partial charge in [-0.15, -0.1) is 0 Å². The molecule has 0 aliphatic heterocycles. The summed E-state index contributed by atoms with van der Waals surface area (Å²) in [4.78, 5) is 27.4. The lowest BCUT2D eigenvalue weighted by molar-refractivity contribution is -0.141.